The van der Waals surface area contributed by atoms with E-state index in [0.717, 1.165) is 13.1 Å². The third kappa shape index (κ3) is 2.91. The number of halogens is 2. The van der Waals surface area contributed by atoms with Gasteiger partial charge in [0.05, 0.1) is 10.6 Å². The Labute approximate surface area is 96.8 Å². The maximum absolute atomic E-state index is 13.3. The average molecular weight is 267 g/mol. The number of rotatable bonds is 3. The lowest BCUT2D eigenvalue weighted by Crippen LogP contribution is -2.38. The maximum Gasteiger partial charge on any atom is 0.301 e. The molecule has 0 bridgehead atoms. The molecular formula is C8H8ClFN2O3S. The molecule has 0 aliphatic heterocycles. The summed E-state index contributed by atoms with van der Waals surface area (Å²) in [6, 6.07) is 3.72. The molecule has 88 valence electrons. The van der Waals surface area contributed by atoms with Gasteiger partial charge in [-0.1, -0.05) is 17.7 Å². The zero-order valence-electron chi connectivity index (χ0n) is 8.12. The standard InChI is InChI=1S/C8H8ClFN2O3S/c1-11-16(14,15)12-8(13)5-3-2-4-6(9)7(5)10/h2-4,11H,1H3,(H,12,13). The van der Waals surface area contributed by atoms with E-state index in [-0.39, 0.29) is 5.02 Å². The summed E-state index contributed by atoms with van der Waals surface area (Å²) in [6.45, 7) is 0. The van der Waals surface area contributed by atoms with Gasteiger partial charge in [-0.15, -0.1) is 0 Å². The van der Waals surface area contributed by atoms with E-state index in [0.29, 0.717) is 0 Å². The summed E-state index contributed by atoms with van der Waals surface area (Å²) in [6.07, 6.45) is 0. The van der Waals surface area contributed by atoms with Gasteiger partial charge in [0.2, 0.25) is 0 Å². The van der Waals surface area contributed by atoms with Crippen molar-refractivity contribution in [3.8, 4) is 0 Å². The van der Waals surface area contributed by atoms with Gasteiger partial charge in [0.25, 0.3) is 5.91 Å². The van der Waals surface area contributed by atoms with Crippen molar-refractivity contribution in [2.75, 3.05) is 7.05 Å². The Morgan fingerprint density at radius 3 is 2.62 bits per heavy atom. The molecule has 0 aromatic heterocycles. The fourth-order valence-corrected chi connectivity index (χ4v) is 1.54. The third-order valence-electron chi connectivity index (χ3n) is 1.69. The fourth-order valence-electron chi connectivity index (χ4n) is 0.907. The van der Waals surface area contributed by atoms with Gasteiger partial charge in [-0.3, -0.25) is 4.79 Å². The first-order chi connectivity index (χ1) is 7.37. The van der Waals surface area contributed by atoms with E-state index in [2.05, 4.69) is 0 Å². The summed E-state index contributed by atoms with van der Waals surface area (Å²) in [5.41, 5.74) is -0.439. The second-order valence-electron chi connectivity index (χ2n) is 2.74. The van der Waals surface area contributed by atoms with Gasteiger partial charge in [0, 0.05) is 7.05 Å². The quantitative estimate of drug-likeness (QED) is 0.844. The first kappa shape index (κ1) is 12.9. The minimum absolute atomic E-state index is 0.255. The SMILES string of the molecule is CNS(=O)(=O)NC(=O)c1cccc(Cl)c1F. The molecule has 2 N–H and O–H groups in total. The molecule has 0 aliphatic rings. The van der Waals surface area contributed by atoms with Gasteiger partial charge < -0.3 is 0 Å². The Bertz CT molecular complexity index is 518. The van der Waals surface area contributed by atoms with Crippen LogP contribution in [0.1, 0.15) is 10.4 Å². The number of carbonyl (C=O) groups excluding carboxylic acids is 1. The van der Waals surface area contributed by atoms with Gasteiger partial charge in [-0.2, -0.15) is 8.42 Å². The molecule has 0 saturated carbocycles. The molecule has 1 aromatic carbocycles. The topological polar surface area (TPSA) is 75.3 Å². The first-order valence-corrected chi connectivity index (χ1v) is 5.93. The van der Waals surface area contributed by atoms with E-state index in [1.54, 1.807) is 4.72 Å². The number of hydrogen-bond donors (Lipinski definition) is 2. The van der Waals surface area contributed by atoms with Gasteiger partial charge in [-0.25, -0.2) is 13.8 Å². The molecule has 8 heteroatoms. The number of hydrogen-bond acceptors (Lipinski definition) is 3. The van der Waals surface area contributed by atoms with E-state index in [1.807, 2.05) is 4.72 Å². The fraction of sp³-hybridized carbons (Fsp3) is 0.125. The molecule has 0 atom stereocenters. The molecule has 0 spiro atoms. The molecule has 1 amide bonds. The molecule has 1 aromatic rings. The van der Waals surface area contributed by atoms with Crippen LogP contribution in [0.25, 0.3) is 0 Å². The predicted molar refractivity (Wildman–Crippen MR) is 56.9 cm³/mol. The summed E-state index contributed by atoms with van der Waals surface area (Å²) in [5.74, 6) is -2.05. The predicted octanol–water partition coefficient (Wildman–Crippen LogP) is 0.673. The zero-order chi connectivity index (χ0) is 12.3. The molecule has 0 radical (unpaired) electrons. The highest BCUT2D eigenvalue weighted by molar-refractivity contribution is 7.88. The molecule has 1 rings (SSSR count). The Hall–Kier alpha value is -1.18. The molecule has 0 saturated heterocycles. The van der Waals surface area contributed by atoms with Crippen LogP contribution in [0.5, 0.6) is 0 Å². The van der Waals surface area contributed by atoms with Gasteiger partial charge in [-0.05, 0) is 12.1 Å². The normalized spacial score (nSPS) is 11.2. The van der Waals surface area contributed by atoms with Crippen molar-refractivity contribution in [2.24, 2.45) is 0 Å². The van der Waals surface area contributed by atoms with Gasteiger partial charge in [0.15, 0.2) is 5.82 Å². The third-order valence-corrected chi connectivity index (χ3v) is 2.98. The van der Waals surface area contributed by atoms with Crippen molar-refractivity contribution < 1.29 is 17.6 Å². The lowest BCUT2D eigenvalue weighted by Gasteiger charge is -2.06. The van der Waals surface area contributed by atoms with Crippen molar-refractivity contribution in [1.29, 1.82) is 0 Å². The van der Waals surface area contributed by atoms with E-state index in [9.17, 15) is 17.6 Å². The highest BCUT2D eigenvalue weighted by Crippen LogP contribution is 2.17. The van der Waals surface area contributed by atoms with Crippen LogP contribution in [0.15, 0.2) is 18.2 Å². The largest absolute Gasteiger partial charge is 0.301 e. The molecule has 0 unspecified atom stereocenters. The second-order valence-corrected chi connectivity index (χ2v) is 4.77. The number of carbonyl (C=O) groups is 1. The average Bonchev–Trinajstić information content (AvgIpc) is 2.21. The molecule has 0 heterocycles. The van der Waals surface area contributed by atoms with Crippen LogP contribution >= 0.6 is 11.6 Å². The monoisotopic (exact) mass is 266 g/mol. The van der Waals surface area contributed by atoms with E-state index < -0.39 is 27.5 Å². The van der Waals surface area contributed by atoms with Gasteiger partial charge >= 0.3 is 10.2 Å². The summed E-state index contributed by atoms with van der Waals surface area (Å²) in [7, 11) is -2.84. The molecule has 5 nitrogen and oxygen atoms in total. The Kier molecular flexibility index (Phi) is 3.84. The zero-order valence-corrected chi connectivity index (χ0v) is 9.69. The summed E-state index contributed by atoms with van der Waals surface area (Å²) in [5, 5.41) is -0.255. The van der Waals surface area contributed by atoms with Gasteiger partial charge in [0.1, 0.15) is 0 Å². The second kappa shape index (κ2) is 4.77. The Balaban J connectivity index is 3.03. The van der Waals surface area contributed by atoms with Crippen LogP contribution in [-0.4, -0.2) is 21.4 Å². The minimum Gasteiger partial charge on any atom is -0.268 e. The van der Waals surface area contributed by atoms with Crippen LogP contribution in [0.3, 0.4) is 0 Å². The van der Waals surface area contributed by atoms with Crippen LogP contribution < -0.4 is 9.44 Å². The molecule has 0 aliphatic carbocycles. The Morgan fingerprint density at radius 2 is 2.06 bits per heavy atom. The summed E-state index contributed by atoms with van der Waals surface area (Å²) in [4.78, 5) is 11.4. The van der Waals surface area contributed by atoms with Crippen LogP contribution in [0.2, 0.25) is 5.02 Å². The Morgan fingerprint density at radius 1 is 1.44 bits per heavy atom. The number of benzene rings is 1. The molecule has 16 heavy (non-hydrogen) atoms. The first-order valence-electron chi connectivity index (χ1n) is 4.07. The van der Waals surface area contributed by atoms with Crippen molar-refractivity contribution in [2.45, 2.75) is 0 Å². The van der Waals surface area contributed by atoms with Crippen LogP contribution in [0, 0.1) is 5.82 Å². The lowest BCUT2D eigenvalue weighted by atomic mass is 10.2. The number of amides is 1. The van der Waals surface area contributed by atoms with Crippen LogP contribution in [-0.2, 0) is 10.2 Å². The molecule has 0 fully saturated rings. The van der Waals surface area contributed by atoms with E-state index >= 15 is 0 Å². The molecular weight excluding hydrogens is 259 g/mol. The number of nitrogens with one attached hydrogen (secondary N) is 2. The van der Waals surface area contributed by atoms with E-state index in [4.69, 9.17) is 11.6 Å². The van der Waals surface area contributed by atoms with Crippen molar-refractivity contribution in [3.05, 3.63) is 34.6 Å². The van der Waals surface area contributed by atoms with Crippen LogP contribution in [0.4, 0.5) is 4.39 Å². The lowest BCUT2D eigenvalue weighted by molar-refractivity contribution is 0.0977. The minimum atomic E-state index is -3.96. The highest BCUT2D eigenvalue weighted by atomic mass is 35.5. The van der Waals surface area contributed by atoms with Crippen molar-refractivity contribution in [3.63, 3.8) is 0 Å². The maximum atomic E-state index is 13.3. The summed E-state index contributed by atoms with van der Waals surface area (Å²) >= 11 is 5.44. The summed E-state index contributed by atoms with van der Waals surface area (Å²) < 4.78 is 38.8. The highest BCUT2D eigenvalue weighted by Gasteiger charge is 2.18. The van der Waals surface area contributed by atoms with E-state index in [1.165, 1.54) is 12.1 Å². The van der Waals surface area contributed by atoms with Crippen molar-refractivity contribution >= 4 is 27.7 Å². The van der Waals surface area contributed by atoms with Crippen molar-refractivity contribution in [1.82, 2.24) is 9.44 Å². The smallest absolute Gasteiger partial charge is 0.268 e.